The number of hydrogen-bond donors (Lipinski definition) is 2. The highest BCUT2D eigenvalue weighted by molar-refractivity contribution is 9.10. The third-order valence-electron chi connectivity index (χ3n) is 5.37. The molecule has 1 atom stereocenters. The Morgan fingerprint density at radius 2 is 1.64 bits per heavy atom. The molecule has 1 aliphatic rings. The number of carboxylic acid groups (broad SMARTS) is 1. The van der Waals surface area contributed by atoms with E-state index in [-0.39, 0.29) is 29.8 Å². The van der Waals surface area contributed by atoms with Gasteiger partial charge in [-0.25, -0.2) is 0 Å². The van der Waals surface area contributed by atoms with Gasteiger partial charge in [-0.15, -0.1) is 0 Å². The fourth-order valence-corrected chi connectivity index (χ4v) is 4.00. The topological polar surface area (TPSA) is 138 Å². The van der Waals surface area contributed by atoms with Crippen molar-refractivity contribution < 1.29 is 29.5 Å². The number of unbranched alkanes of at least 4 members (excludes halogenated alkanes) is 2. The van der Waals surface area contributed by atoms with E-state index in [0.29, 0.717) is 24.8 Å². The van der Waals surface area contributed by atoms with Crippen molar-refractivity contribution >= 4 is 45.0 Å². The lowest BCUT2D eigenvalue weighted by atomic mass is 9.95. The van der Waals surface area contributed by atoms with E-state index < -0.39 is 34.4 Å². The molecule has 0 saturated carbocycles. The second-order valence-electron chi connectivity index (χ2n) is 7.55. The van der Waals surface area contributed by atoms with E-state index >= 15 is 0 Å². The van der Waals surface area contributed by atoms with Crippen molar-refractivity contribution in [3.63, 3.8) is 0 Å². The standard InChI is InChI=1S/C23H21BrN2O7/c24-16-9-5-14(6-10-16)20-19(21(29)15-7-11-17(12-8-15)26(32)33)22(30)23(31)25(20)13-3-1-2-4-18(27)28/h5-12,20,29H,1-4,13H2,(H,27,28)/b21-19-. The van der Waals surface area contributed by atoms with Gasteiger partial charge in [0, 0.05) is 35.1 Å². The van der Waals surface area contributed by atoms with Crippen molar-refractivity contribution in [2.75, 3.05) is 6.54 Å². The van der Waals surface area contributed by atoms with Gasteiger partial charge >= 0.3 is 5.97 Å². The maximum Gasteiger partial charge on any atom is 0.303 e. The average Bonchev–Trinajstić information content (AvgIpc) is 3.03. The first-order valence-electron chi connectivity index (χ1n) is 10.2. The summed E-state index contributed by atoms with van der Waals surface area (Å²) in [7, 11) is 0. The van der Waals surface area contributed by atoms with Crippen LogP contribution >= 0.6 is 15.9 Å². The number of nitro benzene ring substituents is 1. The quantitative estimate of drug-likeness (QED) is 0.125. The molecule has 3 rings (SSSR count). The summed E-state index contributed by atoms with van der Waals surface area (Å²) in [5, 5.41) is 30.6. The molecule has 172 valence electrons. The monoisotopic (exact) mass is 516 g/mol. The molecule has 1 heterocycles. The number of hydrogen-bond acceptors (Lipinski definition) is 6. The molecular formula is C23H21BrN2O7. The molecule has 0 bridgehead atoms. The van der Waals surface area contributed by atoms with Crippen molar-refractivity contribution in [2.45, 2.75) is 31.7 Å². The van der Waals surface area contributed by atoms with Gasteiger partial charge in [-0.1, -0.05) is 34.5 Å². The van der Waals surface area contributed by atoms with Crippen LogP contribution in [-0.4, -0.2) is 44.2 Å². The van der Waals surface area contributed by atoms with Gasteiger partial charge in [0.2, 0.25) is 0 Å². The number of halogens is 1. The Morgan fingerprint density at radius 1 is 1.00 bits per heavy atom. The van der Waals surface area contributed by atoms with E-state index in [1.54, 1.807) is 24.3 Å². The molecular weight excluding hydrogens is 496 g/mol. The van der Waals surface area contributed by atoms with Gasteiger partial charge in [0.05, 0.1) is 16.5 Å². The third kappa shape index (κ3) is 5.46. The number of aliphatic carboxylic acids is 1. The average molecular weight is 517 g/mol. The number of likely N-dealkylation sites (tertiary alicyclic amines) is 1. The Hall–Kier alpha value is -3.53. The van der Waals surface area contributed by atoms with Gasteiger partial charge in [0.1, 0.15) is 5.76 Å². The molecule has 9 nitrogen and oxygen atoms in total. The SMILES string of the molecule is O=C(O)CCCCCN1C(=O)C(=O)/C(=C(\O)c2ccc([N+](=O)[O-])cc2)C1c1ccc(Br)cc1. The van der Waals surface area contributed by atoms with Crippen molar-refractivity contribution in [3.05, 3.63) is 79.8 Å². The molecule has 1 unspecified atom stereocenters. The fourth-order valence-electron chi connectivity index (χ4n) is 3.73. The Kier molecular flexibility index (Phi) is 7.59. The van der Waals surface area contributed by atoms with Gasteiger partial charge in [0.25, 0.3) is 17.4 Å². The number of ketones is 1. The lowest BCUT2D eigenvalue weighted by Crippen LogP contribution is -2.30. The Labute approximate surface area is 197 Å². The van der Waals surface area contributed by atoms with Crippen LogP contribution in [0, 0.1) is 10.1 Å². The van der Waals surface area contributed by atoms with E-state index in [1.165, 1.54) is 29.2 Å². The summed E-state index contributed by atoms with van der Waals surface area (Å²) in [4.78, 5) is 48.2. The van der Waals surface area contributed by atoms with Crippen LogP contribution < -0.4 is 0 Å². The summed E-state index contributed by atoms with van der Waals surface area (Å²) in [6.07, 6.45) is 1.52. The number of carbonyl (C=O) groups is 3. The summed E-state index contributed by atoms with van der Waals surface area (Å²) in [6.45, 7) is 0.210. The number of aliphatic hydroxyl groups excluding tert-OH is 1. The van der Waals surface area contributed by atoms with Crippen LogP contribution in [0.15, 0.2) is 58.6 Å². The van der Waals surface area contributed by atoms with Crippen LogP contribution in [0.1, 0.15) is 42.9 Å². The van der Waals surface area contributed by atoms with Crippen molar-refractivity contribution in [2.24, 2.45) is 0 Å². The molecule has 10 heteroatoms. The number of Topliss-reactive ketones (excluding diaryl/α,β-unsaturated/α-hetero) is 1. The number of nitrogens with zero attached hydrogens (tertiary/aromatic N) is 2. The highest BCUT2D eigenvalue weighted by Crippen LogP contribution is 2.40. The Balaban J connectivity index is 1.97. The predicted molar refractivity (Wildman–Crippen MR) is 122 cm³/mol. The van der Waals surface area contributed by atoms with Gasteiger partial charge < -0.3 is 15.1 Å². The molecule has 2 N–H and O–H groups in total. The molecule has 0 aromatic heterocycles. The first-order valence-corrected chi connectivity index (χ1v) is 11.0. The lowest BCUT2D eigenvalue weighted by molar-refractivity contribution is -0.384. The van der Waals surface area contributed by atoms with E-state index in [4.69, 9.17) is 5.11 Å². The number of non-ortho nitro benzene ring substituents is 1. The van der Waals surface area contributed by atoms with E-state index in [0.717, 1.165) is 4.47 Å². The van der Waals surface area contributed by atoms with Gasteiger partial charge in [-0.2, -0.15) is 0 Å². The van der Waals surface area contributed by atoms with Crippen LogP contribution in [0.4, 0.5) is 5.69 Å². The first kappa shape index (κ1) is 24.1. The highest BCUT2D eigenvalue weighted by atomic mass is 79.9. The molecule has 1 saturated heterocycles. The molecule has 0 radical (unpaired) electrons. The van der Waals surface area contributed by atoms with Crippen LogP contribution in [0.2, 0.25) is 0 Å². The summed E-state index contributed by atoms with van der Waals surface area (Å²) >= 11 is 3.35. The van der Waals surface area contributed by atoms with Gasteiger partial charge in [-0.3, -0.25) is 24.5 Å². The van der Waals surface area contributed by atoms with Gasteiger partial charge in [0.15, 0.2) is 0 Å². The number of carbonyl (C=O) groups excluding carboxylic acids is 2. The molecule has 1 fully saturated rings. The summed E-state index contributed by atoms with van der Waals surface area (Å²) in [5.41, 5.74) is 0.535. The van der Waals surface area contributed by atoms with Crippen molar-refractivity contribution in [1.29, 1.82) is 0 Å². The number of benzene rings is 2. The number of rotatable bonds is 9. The van der Waals surface area contributed by atoms with Crippen LogP contribution in [-0.2, 0) is 14.4 Å². The largest absolute Gasteiger partial charge is 0.507 e. The van der Waals surface area contributed by atoms with Crippen LogP contribution in [0.25, 0.3) is 5.76 Å². The molecule has 1 amide bonds. The number of aliphatic hydroxyl groups is 1. The summed E-state index contributed by atoms with van der Waals surface area (Å²) < 4.78 is 0.798. The number of nitro groups is 1. The normalized spacial score (nSPS) is 17.4. The molecule has 33 heavy (non-hydrogen) atoms. The molecule has 0 aliphatic carbocycles. The molecule has 2 aromatic rings. The molecule has 2 aromatic carbocycles. The molecule has 0 spiro atoms. The second-order valence-corrected chi connectivity index (χ2v) is 8.47. The van der Waals surface area contributed by atoms with Crippen molar-refractivity contribution in [1.82, 2.24) is 4.90 Å². The fraction of sp³-hybridized carbons (Fsp3) is 0.261. The zero-order valence-corrected chi connectivity index (χ0v) is 19.0. The summed E-state index contributed by atoms with van der Waals surface area (Å²) in [6, 6.07) is 11.2. The lowest BCUT2D eigenvalue weighted by Gasteiger charge is -2.25. The predicted octanol–water partition coefficient (Wildman–Crippen LogP) is 4.42. The molecule has 1 aliphatic heterocycles. The maximum atomic E-state index is 12.9. The second kappa shape index (κ2) is 10.4. The zero-order valence-electron chi connectivity index (χ0n) is 17.4. The minimum Gasteiger partial charge on any atom is -0.507 e. The van der Waals surface area contributed by atoms with Crippen LogP contribution in [0.3, 0.4) is 0 Å². The number of carboxylic acids is 1. The minimum absolute atomic E-state index is 0.0229. The van der Waals surface area contributed by atoms with Crippen LogP contribution in [0.5, 0.6) is 0 Å². The first-order chi connectivity index (χ1) is 15.7. The summed E-state index contributed by atoms with van der Waals surface area (Å²) in [5.74, 6) is -2.91. The smallest absolute Gasteiger partial charge is 0.303 e. The Bertz CT molecular complexity index is 1110. The van der Waals surface area contributed by atoms with Crippen molar-refractivity contribution in [3.8, 4) is 0 Å². The highest BCUT2D eigenvalue weighted by Gasteiger charge is 2.45. The maximum absolute atomic E-state index is 12.9. The van der Waals surface area contributed by atoms with Gasteiger partial charge in [-0.05, 0) is 42.7 Å². The minimum atomic E-state index is -0.895. The third-order valence-corrected chi connectivity index (χ3v) is 5.90. The zero-order chi connectivity index (χ0) is 24.1. The van der Waals surface area contributed by atoms with E-state index in [9.17, 15) is 29.6 Å². The van der Waals surface area contributed by atoms with E-state index in [1.807, 2.05) is 0 Å². The number of amides is 1. The van der Waals surface area contributed by atoms with E-state index in [2.05, 4.69) is 15.9 Å². The Morgan fingerprint density at radius 3 is 2.21 bits per heavy atom.